The van der Waals surface area contributed by atoms with Crippen LogP contribution >= 0.6 is 0 Å². The minimum absolute atomic E-state index is 0.145. The fraction of sp³-hybridized carbons (Fsp3) is 0.167. The maximum atomic E-state index is 12.3. The van der Waals surface area contributed by atoms with Gasteiger partial charge in [-0.1, -0.05) is 12.1 Å². The van der Waals surface area contributed by atoms with Crippen LogP contribution in [0.5, 0.6) is 0 Å². The number of benzene rings is 2. The zero-order valence-electron chi connectivity index (χ0n) is 14.3. The van der Waals surface area contributed by atoms with Gasteiger partial charge in [0.2, 0.25) is 15.9 Å². The van der Waals surface area contributed by atoms with E-state index >= 15 is 0 Å². The fourth-order valence-corrected chi connectivity index (χ4v) is 3.13. The van der Waals surface area contributed by atoms with Gasteiger partial charge in [-0.3, -0.25) is 13.9 Å². The molecule has 0 fully saturated rings. The molecule has 134 valence electrons. The Labute approximate surface area is 151 Å². The molecular formula is C18H17N3O4S. The number of nitrogens with one attached hydrogen (secondary N) is 1. The van der Waals surface area contributed by atoms with E-state index in [9.17, 15) is 18.0 Å². The molecule has 0 heterocycles. The summed E-state index contributed by atoms with van der Waals surface area (Å²) in [6, 6.07) is 14.3. The Morgan fingerprint density at radius 3 is 2.27 bits per heavy atom. The van der Waals surface area contributed by atoms with Gasteiger partial charge in [0.15, 0.2) is 5.78 Å². The first-order valence-electron chi connectivity index (χ1n) is 7.60. The Bertz CT molecular complexity index is 976. The number of hydrogen-bond acceptors (Lipinski definition) is 5. The van der Waals surface area contributed by atoms with Gasteiger partial charge < -0.3 is 5.32 Å². The van der Waals surface area contributed by atoms with Gasteiger partial charge in [-0.15, -0.1) is 0 Å². The highest BCUT2D eigenvalue weighted by Crippen LogP contribution is 2.19. The number of rotatable bonds is 6. The lowest BCUT2D eigenvalue weighted by atomic mass is 10.1. The summed E-state index contributed by atoms with van der Waals surface area (Å²) in [5, 5.41) is 11.6. The maximum absolute atomic E-state index is 12.3. The van der Waals surface area contributed by atoms with Gasteiger partial charge in [0.1, 0.15) is 12.6 Å². The summed E-state index contributed by atoms with van der Waals surface area (Å²) in [6.45, 7) is 0.946. The number of nitriles is 1. The third-order valence-corrected chi connectivity index (χ3v) is 4.71. The van der Waals surface area contributed by atoms with Crippen molar-refractivity contribution in [3.05, 3.63) is 59.7 Å². The van der Waals surface area contributed by atoms with Crippen LogP contribution in [-0.2, 0) is 14.8 Å². The summed E-state index contributed by atoms with van der Waals surface area (Å²) in [6.07, 6.45) is 0.988. The van der Waals surface area contributed by atoms with Crippen molar-refractivity contribution in [2.24, 2.45) is 0 Å². The minimum Gasteiger partial charge on any atom is -0.323 e. The van der Waals surface area contributed by atoms with Crippen molar-refractivity contribution >= 4 is 33.1 Å². The van der Waals surface area contributed by atoms with Crippen molar-refractivity contribution in [2.45, 2.75) is 6.92 Å². The zero-order valence-corrected chi connectivity index (χ0v) is 15.1. The third-order valence-electron chi connectivity index (χ3n) is 3.57. The van der Waals surface area contributed by atoms with Gasteiger partial charge in [0, 0.05) is 5.56 Å². The second-order valence-corrected chi connectivity index (χ2v) is 7.49. The lowest BCUT2D eigenvalue weighted by Gasteiger charge is -2.22. The number of ketones is 1. The second-order valence-electron chi connectivity index (χ2n) is 5.58. The Morgan fingerprint density at radius 2 is 1.73 bits per heavy atom. The smallest absolute Gasteiger partial charge is 0.245 e. The van der Waals surface area contributed by atoms with Crippen LogP contribution in [0.25, 0.3) is 0 Å². The lowest BCUT2D eigenvalue weighted by Crippen LogP contribution is -2.37. The molecule has 0 saturated heterocycles. The van der Waals surface area contributed by atoms with E-state index in [0.29, 0.717) is 11.3 Å². The molecule has 0 aliphatic heterocycles. The highest BCUT2D eigenvalue weighted by Gasteiger charge is 2.21. The first kappa shape index (κ1) is 19.1. The van der Waals surface area contributed by atoms with Crippen molar-refractivity contribution in [1.82, 2.24) is 0 Å². The monoisotopic (exact) mass is 371 g/mol. The van der Waals surface area contributed by atoms with E-state index in [1.807, 2.05) is 6.07 Å². The maximum Gasteiger partial charge on any atom is 0.245 e. The lowest BCUT2D eigenvalue weighted by molar-refractivity contribution is -0.114. The summed E-state index contributed by atoms with van der Waals surface area (Å²) in [5.74, 6) is -0.734. The SMILES string of the molecule is CC(=O)c1ccc(N(CC(=O)Nc2ccccc2C#N)S(C)(=O)=O)cc1. The van der Waals surface area contributed by atoms with E-state index in [1.165, 1.54) is 31.2 Å². The number of nitrogens with zero attached hydrogens (tertiary/aromatic N) is 2. The quantitative estimate of drug-likeness (QED) is 0.783. The normalized spacial score (nSPS) is 10.7. The first-order valence-corrected chi connectivity index (χ1v) is 9.45. The largest absolute Gasteiger partial charge is 0.323 e. The third kappa shape index (κ3) is 4.68. The number of anilines is 2. The molecule has 0 radical (unpaired) electrons. The summed E-state index contributed by atoms with van der Waals surface area (Å²) < 4.78 is 25.1. The molecule has 7 nitrogen and oxygen atoms in total. The molecule has 0 aromatic heterocycles. The Morgan fingerprint density at radius 1 is 1.12 bits per heavy atom. The standard InChI is InChI=1S/C18H17N3O4S/c1-13(22)14-7-9-16(10-8-14)21(26(2,24)25)12-18(23)20-17-6-4-3-5-15(17)11-19/h3-10H,12H2,1-2H3,(H,20,23). The molecule has 0 spiro atoms. The van der Waals surface area contributed by atoms with Crippen molar-refractivity contribution in [3.63, 3.8) is 0 Å². The van der Waals surface area contributed by atoms with Crippen molar-refractivity contribution in [2.75, 3.05) is 22.4 Å². The molecule has 0 unspecified atom stereocenters. The van der Waals surface area contributed by atoms with E-state index in [-0.39, 0.29) is 17.0 Å². The number of carbonyl (C=O) groups excluding carboxylic acids is 2. The molecule has 2 rings (SSSR count). The highest BCUT2D eigenvalue weighted by atomic mass is 32.2. The van der Waals surface area contributed by atoms with Crippen LogP contribution in [0.1, 0.15) is 22.8 Å². The molecule has 1 amide bonds. The van der Waals surface area contributed by atoms with Gasteiger partial charge in [-0.05, 0) is 43.3 Å². The van der Waals surface area contributed by atoms with Crippen LogP contribution in [0.4, 0.5) is 11.4 Å². The Hall–Kier alpha value is -3.18. The zero-order chi connectivity index (χ0) is 19.3. The predicted octanol–water partition coefficient (Wildman–Crippen LogP) is 2.17. The van der Waals surface area contributed by atoms with Crippen molar-refractivity contribution < 1.29 is 18.0 Å². The number of hydrogen-bond donors (Lipinski definition) is 1. The molecular weight excluding hydrogens is 354 g/mol. The van der Waals surface area contributed by atoms with Gasteiger partial charge in [0.05, 0.1) is 23.2 Å². The topological polar surface area (TPSA) is 107 Å². The molecule has 2 aromatic rings. The fourth-order valence-electron chi connectivity index (χ4n) is 2.27. The van der Waals surface area contributed by atoms with Crippen LogP contribution in [0.2, 0.25) is 0 Å². The molecule has 0 atom stereocenters. The average molecular weight is 371 g/mol. The Balaban J connectivity index is 2.24. The highest BCUT2D eigenvalue weighted by molar-refractivity contribution is 7.92. The minimum atomic E-state index is -3.73. The molecule has 0 aliphatic rings. The summed E-state index contributed by atoms with van der Waals surface area (Å²) in [4.78, 5) is 23.6. The number of Topliss-reactive ketones (excluding diaryl/α,β-unsaturated/α-hetero) is 1. The number of para-hydroxylation sites is 1. The molecule has 1 N–H and O–H groups in total. The van der Waals surface area contributed by atoms with Gasteiger partial charge in [-0.2, -0.15) is 5.26 Å². The first-order chi connectivity index (χ1) is 12.2. The predicted molar refractivity (Wildman–Crippen MR) is 98.4 cm³/mol. The molecule has 2 aromatic carbocycles. The average Bonchev–Trinajstić information content (AvgIpc) is 2.59. The van der Waals surface area contributed by atoms with E-state index in [2.05, 4.69) is 5.32 Å². The van der Waals surface area contributed by atoms with Crippen LogP contribution < -0.4 is 9.62 Å². The Kier molecular flexibility index (Phi) is 5.75. The summed E-state index contributed by atoms with van der Waals surface area (Å²) >= 11 is 0. The van der Waals surface area contributed by atoms with Gasteiger partial charge >= 0.3 is 0 Å². The van der Waals surface area contributed by atoms with Crippen molar-refractivity contribution in [3.8, 4) is 6.07 Å². The van der Waals surface area contributed by atoms with Gasteiger partial charge in [0.25, 0.3) is 0 Å². The molecule has 0 saturated carbocycles. The second kappa shape index (κ2) is 7.80. The number of carbonyl (C=O) groups is 2. The van der Waals surface area contributed by atoms with Gasteiger partial charge in [-0.25, -0.2) is 8.42 Å². The van der Waals surface area contributed by atoms with E-state index in [0.717, 1.165) is 10.6 Å². The van der Waals surface area contributed by atoms with E-state index in [4.69, 9.17) is 5.26 Å². The van der Waals surface area contributed by atoms with Crippen molar-refractivity contribution in [1.29, 1.82) is 5.26 Å². The van der Waals surface area contributed by atoms with E-state index in [1.54, 1.807) is 24.3 Å². The number of sulfonamides is 1. The van der Waals surface area contributed by atoms with E-state index < -0.39 is 22.5 Å². The molecule has 0 bridgehead atoms. The molecule has 0 aliphatic carbocycles. The van der Waals surface area contributed by atoms with Crippen LogP contribution in [0, 0.1) is 11.3 Å². The van der Waals surface area contributed by atoms with Crippen LogP contribution in [0.15, 0.2) is 48.5 Å². The number of amides is 1. The molecule has 8 heteroatoms. The summed E-state index contributed by atoms with van der Waals surface area (Å²) in [7, 11) is -3.73. The summed E-state index contributed by atoms with van der Waals surface area (Å²) in [5.41, 5.74) is 1.29. The van der Waals surface area contributed by atoms with Crippen LogP contribution in [-0.4, -0.2) is 32.9 Å². The van der Waals surface area contributed by atoms with Crippen LogP contribution in [0.3, 0.4) is 0 Å². The molecule has 26 heavy (non-hydrogen) atoms.